The SMILES string of the molecule is O=C1OC(=O)c2c1cccc2C(=O)Oc1cccc(OC(=O)c2cccc3c2C(=O)OC3=O)c1. The summed E-state index contributed by atoms with van der Waals surface area (Å²) in [6.45, 7) is 0. The summed E-state index contributed by atoms with van der Waals surface area (Å²) in [4.78, 5) is 72.5. The molecular formula is C24H10O10. The number of carbonyl (C=O) groups excluding carboxylic acids is 6. The molecule has 2 aliphatic rings. The lowest BCUT2D eigenvalue weighted by Crippen LogP contribution is -2.14. The summed E-state index contributed by atoms with van der Waals surface area (Å²) < 4.78 is 19.6. The van der Waals surface area contributed by atoms with Crippen molar-refractivity contribution in [3.05, 3.63) is 94.0 Å². The van der Waals surface area contributed by atoms with Crippen LogP contribution in [0.1, 0.15) is 62.1 Å². The molecule has 0 fully saturated rings. The first-order valence-electron chi connectivity index (χ1n) is 9.67. The first-order chi connectivity index (χ1) is 16.3. The van der Waals surface area contributed by atoms with Crippen molar-refractivity contribution in [2.24, 2.45) is 0 Å². The van der Waals surface area contributed by atoms with Gasteiger partial charge < -0.3 is 18.9 Å². The van der Waals surface area contributed by atoms with E-state index in [9.17, 15) is 28.8 Å². The highest BCUT2D eigenvalue weighted by atomic mass is 16.6. The van der Waals surface area contributed by atoms with Gasteiger partial charge in [0, 0.05) is 6.07 Å². The zero-order chi connectivity index (χ0) is 24.0. The van der Waals surface area contributed by atoms with Crippen molar-refractivity contribution >= 4 is 35.8 Å². The number of carbonyl (C=O) groups is 6. The molecule has 0 bridgehead atoms. The van der Waals surface area contributed by atoms with Crippen molar-refractivity contribution in [1.29, 1.82) is 0 Å². The average molecular weight is 458 g/mol. The maximum atomic E-state index is 12.6. The molecule has 34 heavy (non-hydrogen) atoms. The molecular weight excluding hydrogens is 448 g/mol. The number of fused-ring (bicyclic) bond motifs is 2. The van der Waals surface area contributed by atoms with Gasteiger partial charge in [0.25, 0.3) is 0 Å². The van der Waals surface area contributed by atoms with Crippen LogP contribution in [0, 0.1) is 0 Å². The van der Waals surface area contributed by atoms with Gasteiger partial charge in [-0.3, -0.25) is 0 Å². The first kappa shape index (κ1) is 20.8. The number of ether oxygens (including phenoxy) is 4. The fourth-order valence-corrected chi connectivity index (χ4v) is 3.53. The van der Waals surface area contributed by atoms with Crippen LogP contribution in [0.25, 0.3) is 0 Å². The van der Waals surface area contributed by atoms with Gasteiger partial charge in [-0.05, 0) is 36.4 Å². The van der Waals surface area contributed by atoms with E-state index in [1.54, 1.807) is 0 Å². The molecule has 166 valence electrons. The Morgan fingerprint density at radius 3 is 1.41 bits per heavy atom. The Balaban J connectivity index is 1.37. The molecule has 3 aromatic rings. The van der Waals surface area contributed by atoms with Gasteiger partial charge in [-0.1, -0.05) is 18.2 Å². The second-order valence-electron chi connectivity index (χ2n) is 7.06. The van der Waals surface area contributed by atoms with Crippen LogP contribution in [-0.2, 0) is 9.47 Å². The molecule has 0 unspecified atom stereocenters. The number of benzene rings is 3. The van der Waals surface area contributed by atoms with E-state index in [1.807, 2.05) is 0 Å². The number of esters is 6. The van der Waals surface area contributed by atoms with Crippen molar-refractivity contribution in [3.63, 3.8) is 0 Å². The molecule has 10 nitrogen and oxygen atoms in total. The number of hydrogen-bond donors (Lipinski definition) is 0. The van der Waals surface area contributed by atoms with E-state index in [2.05, 4.69) is 9.47 Å². The molecule has 0 saturated heterocycles. The van der Waals surface area contributed by atoms with Gasteiger partial charge in [-0.25, -0.2) is 28.8 Å². The van der Waals surface area contributed by atoms with Crippen LogP contribution in [-0.4, -0.2) is 35.8 Å². The summed E-state index contributed by atoms with van der Waals surface area (Å²) in [6.07, 6.45) is 0. The molecule has 0 radical (unpaired) electrons. The van der Waals surface area contributed by atoms with Crippen molar-refractivity contribution in [1.82, 2.24) is 0 Å². The maximum absolute atomic E-state index is 12.6. The highest BCUT2D eigenvalue weighted by Gasteiger charge is 2.35. The van der Waals surface area contributed by atoms with Gasteiger partial charge in [0.2, 0.25) is 0 Å². The predicted octanol–water partition coefficient (Wildman–Crippen LogP) is 2.75. The minimum absolute atomic E-state index is 0.0292. The molecule has 0 amide bonds. The Bertz CT molecular complexity index is 1360. The van der Waals surface area contributed by atoms with Gasteiger partial charge in [-0.2, -0.15) is 0 Å². The third-order valence-corrected chi connectivity index (χ3v) is 5.01. The molecule has 0 aromatic heterocycles. The average Bonchev–Trinajstić information content (AvgIpc) is 3.28. The summed E-state index contributed by atoms with van der Waals surface area (Å²) in [5, 5.41) is 0. The molecule has 2 heterocycles. The van der Waals surface area contributed by atoms with E-state index in [-0.39, 0.29) is 44.9 Å². The zero-order valence-corrected chi connectivity index (χ0v) is 16.9. The fourth-order valence-electron chi connectivity index (χ4n) is 3.53. The van der Waals surface area contributed by atoms with Gasteiger partial charge in [0.15, 0.2) is 0 Å². The molecule has 0 atom stereocenters. The van der Waals surface area contributed by atoms with Crippen molar-refractivity contribution in [3.8, 4) is 11.5 Å². The molecule has 0 aliphatic carbocycles. The molecule has 2 aliphatic heterocycles. The predicted molar refractivity (Wildman–Crippen MR) is 109 cm³/mol. The summed E-state index contributed by atoms with van der Waals surface area (Å²) >= 11 is 0. The van der Waals surface area contributed by atoms with Crippen molar-refractivity contribution < 1.29 is 47.7 Å². The van der Waals surface area contributed by atoms with E-state index in [1.165, 1.54) is 60.7 Å². The van der Waals surface area contributed by atoms with Crippen molar-refractivity contribution in [2.75, 3.05) is 0 Å². The van der Waals surface area contributed by atoms with E-state index >= 15 is 0 Å². The summed E-state index contributed by atoms with van der Waals surface area (Å²) in [6, 6.07) is 13.6. The van der Waals surface area contributed by atoms with Crippen LogP contribution < -0.4 is 9.47 Å². The minimum Gasteiger partial charge on any atom is -0.423 e. The summed E-state index contributed by atoms with van der Waals surface area (Å²) in [5.41, 5.74) is -0.819. The summed E-state index contributed by atoms with van der Waals surface area (Å²) in [5.74, 6) is -5.56. The smallest absolute Gasteiger partial charge is 0.347 e. The van der Waals surface area contributed by atoms with Crippen LogP contribution in [0.15, 0.2) is 60.7 Å². The highest BCUT2D eigenvalue weighted by molar-refractivity contribution is 6.20. The summed E-state index contributed by atoms with van der Waals surface area (Å²) in [7, 11) is 0. The van der Waals surface area contributed by atoms with E-state index < -0.39 is 35.8 Å². The van der Waals surface area contributed by atoms with Crippen LogP contribution in [0.3, 0.4) is 0 Å². The Labute approximate surface area is 189 Å². The minimum atomic E-state index is -0.956. The standard InChI is InChI=1S/C24H10O10/c25-19(13-6-2-8-15-17(13)23(29)33-21(15)27)31-11-4-1-5-12(10-11)32-20(26)14-7-3-9-16-18(14)24(30)34-22(16)28/h1-10H. The second kappa shape index (κ2) is 7.78. The zero-order valence-electron chi connectivity index (χ0n) is 16.9. The van der Waals surface area contributed by atoms with Gasteiger partial charge in [0.1, 0.15) is 11.5 Å². The van der Waals surface area contributed by atoms with E-state index in [0.717, 1.165) is 0 Å². The largest absolute Gasteiger partial charge is 0.423 e. The second-order valence-corrected chi connectivity index (χ2v) is 7.06. The third-order valence-electron chi connectivity index (χ3n) is 5.01. The molecule has 10 heteroatoms. The Morgan fingerprint density at radius 2 is 0.971 bits per heavy atom. The maximum Gasteiger partial charge on any atom is 0.347 e. The van der Waals surface area contributed by atoms with E-state index in [4.69, 9.17) is 9.47 Å². The lowest BCUT2D eigenvalue weighted by Gasteiger charge is -2.09. The number of hydrogen-bond acceptors (Lipinski definition) is 10. The molecule has 0 saturated carbocycles. The normalized spacial score (nSPS) is 13.6. The van der Waals surface area contributed by atoms with Gasteiger partial charge in [0.05, 0.1) is 33.4 Å². The Hall–Kier alpha value is -5.12. The molecule has 0 N–H and O–H groups in total. The van der Waals surface area contributed by atoms with Crippen LogP contribution >= 0.6 is 0 Å². The molecule has 5 rings (SSSR count). The molecule has 0 spiro atoms. The van der Waals surface area contributed by atoms with Crippen molar-refractivity contribution in [2.45, 2.75) is 0 Å². The van der Waals surface area contributed by atoms with Gasteiger partial charge in [-0.15, -0.1) is 0 Å². The number of cyclic esters (lactones) is 4. The monoisotopic (exact) mass is 458 g/mol. The Kier molecular flexibility index (Phi) is 4.75. The first-order valence-corrected chi connectivity index (χ1v) is 9.67. The lowest BCUT2D eigenvalue weighted by atomic mass is 10.0. The van der Waals surface area contributed by atoms with Crippen LogP contribution in [0.5, 0.6) is 11.5 Å². The highest BCUT2D eigenvalue weighted by Crippen LogP contribution is 2.28. The molecule has 3 aromatic carbocycles. The quantitative estimate of drug-likeness (QED) is 0.326. The third kappa shape index (κ3) is 3.39. The van der Waals surface area contributed by atoms with E-state index in [0.29, 0.717) is 0 Å². The lowest BCUT2D eigenvalue weighted by molar-refractivity contribution is 0.0424. The number of rotatable bonds is 4. The van der Waals surface area contributed by atoms with Crippen LogP contribution in [0.2, 0.25) is 0 Å². The van der Waals surface area contributed by atoms with Gasteiger partial charge >= 0.3 is 35.8 Å². The fraction of sp³-hybridized carbons (Fsp3) is 0. The Morgan fingerprint density at radius 1 is 0.559 bits per heavy atom. The van der Waals surface area contributed by atoms with Crippen LogP contribution in [0.4, 0.5) is 0 Å². The topological polar surface area (TPSA) is 139 Å².